The van der Waals surface area contributed by atoms with Crippen LogP contribution in [-0.4, -0.2) is 9.13 Å². The normalized spacial score (nSPS) is 11.9. The number of hydrogen-bond acceptors (Lipinski definition) is 1. The minimum Gasteiger partial charge on any atom is -0.309 e. The van der Waals surface area contributed by atoms with Crippen LogP contribution < -0.4 is 0 Å². The third-order valence-corrected chi connectivity index (χ3v) is 11.0. The molecule has 0 spiro atoms. The van der Waals surface area contributed by atoms with Crippen molar-refractivity contribution in [2.75, 3.05) is 0 Å². The topological polar surface area (TPSA) is 9.86 Å². The van der Waals surface area contributed by atoms with E-state index in [-0.39, 0.29) is 0 Å². The fourth-order valence-corrected chi connectivity index (χ4v) is 8.72. The molecule has 10 aromatic rings. The summed E-state index contributed by atoms with van der Waals surface area (Å²) in [7, 11) is 0. The van der Waals surface area contributed by atoms with Gasteiger partial charge in [-0.25, -0.2) is 0 Å². The smallest absolute Gasteiger partial charge is 0.0541 e. The predicted octanol–water partition coefficient (Wildman–Crippen LogP) is 12.7. The van der Waals surface area contributed by atoms with Crippen molar-refractivity contribution in [2.24, 2.45) is 0 Å². The largest absolute Gasteiger partial charge is 0.309 e. The van der Waals surface area contributed by atoms with E-state index in [1.807, 2.05) is 11.3 Å². The quantitative estimate of drug-likeness (QED) is 0.183. The summed E-state index contributed by atoms with van der Waals surface area (Å²) in [5, 5.41) is 8.69. The lowest BCUT2D eigenvalue weighted by atomic mass is 9.98. The molecule has 0 aliphatic carbocycles. The van der Waals surface area contributed by atoms with Crippen molar-refractivity contribution < 1.29 is 0 Å². The second-order valence-corrected chi connectivity index (χ2v) is 13.5. The SMILES string of the molecule is Cc1c(-c2csc3ccccc23)cccc1-n1c2ccccc2c2cc(-c3ccc4c(c3)c3ccccc3n4-c3ccccc3)ccc21. The van der Waals surface area contributed by atoms with Crippen molar-refractivity contribution in [3.8, 4) is 33.6 Å². The van der Waals surface area contributed by atoms with Gasteiger partial charge in [-0.05, 0) is 95.2 Å². The number of thiophene rings is 1. The highest BCUT2D eigenvalue weighted by Crippen LogP contribution is 2.41. The first kappa shape index (κ1) is 27.2. The molecule has 3 heteroatoms. The van der Waals surface area contributed by atoms with Gasteiger partial charge in [0.05, 0.1) is 22.1 Å². The van der Waals surface area contributed by atoms with Gasteiger partial charge in [-0.3, -0.25) is 0 Å². The van der Waals surface area contributed by atoms with Crippen LogP contribution >= 0.6 is 11.3 Å². The van der Waals surface area contributed by atoms with E-state index < -0.39 is 0 Å². The Hall–Kier alpha value is -5.90. The van der Waals surface area contributed by atoms with Crippen LogP contribution in [-0.2, 0) is 0 Å². The number of hydrogen-bond donors (Lipinski definition) is 0. The average molecular weight is 631 g/mol. The van der Waals surface area contributed by atoms with Gasteiger partial charge >= 0.3 is 0 Å². The highest BCUT2D eigenvalue weighted by Gasteiger charge is 2.18. The molecule has 0 N–H and O–H groups in total. The molecule has 0 fully saturated rings. The lowest BCUT2D eigenvalue weighted by Crippen LogP contribution is -1.98. The lowest BCUT2D eigenvalue weighted by Gasteiger charge is -2.15. The fourth-order valence-electron chi connectivity index (χ4n) is 7.76. The second-order valence-electron chi connectivity index (χ2n) is 12.6. The molecule has 10 rings (SSSR count). The molecule has 0 saturated carbocycles. The van der Waals surface area contributed by atoms with Crippen LogP contribution in [0.1, 0.15) is 5.56 Å². The van der Waals surface area contributed by atoms with Gasteiger partial charge in [0, 0.05) is 48.6 Å². The second kappa shape index (κ2) is 10.6. The molecule has 0 aliphatic rings. The summed E-state index contributed by atoms with van der Waals surface area (Å²) >= 11 is 1.82. The van der Waals surface area contributed by atoms with Crippen LogP contribution in [0.3, 0.4) is 0 Å². The Labute approximate surface area is 282 Å². The van der Waals surface area contributed by atoms with Crippen molar-refractivity contribution in [3.63, 3.8) is 0 Å². The molecule has 48 heavy (non-hydrogen) atoms. The zero-order valence-corrected chi connectivity index (χ0v) is 27.2. The number of rotatable bonds is 4. The van der Waals surface area contributed by atoms with E-state index in [9.17, 15) is 0 Å². The maximum atomic E-state index is 2.46. The molecular formula is C45H30N2S. The van der Waals surface area contributed by atoms with Crippen molar-refractivity contribution in [1.82, 2.24) is 9.13 Å². The van der Waals surface area contributed by atoms with Gasteiger partial charge in [-0.1, -0.05) is 97.1 Å². The Balaban J connectivity index is 1.16. The zero-order chi connectivity index (χ0) is 31.8. The molecule has 2 nitrogen and oxygen atoms in total. The van der Waals surface area contributed by atoms with Gasteiger partial charge in [0.15, 0.2) is 0 Å². The Morgan fingerprint density at radius 1 is 0.417 bits per heavy atom. The zero-order valence-electron chi connectivity index (χ0n) is 26.4. The van der Waals surface area contributed by atoms with Crippen molar-refractivity contribution >= 4 is 65.0 Å². The van der Waals surface area contributed by atoms with E-state index in [4.69, 9.17) is 0 Å². The molecule has 226 valence electrons. The Kier molecular flexibility index (Phi) is 5.99. The van der Waals surface area contributed by atoms with E-state index in [0.717, 1.165) is 0 Å². The standard InChI is InChI=1S/C45H30N2S/c1-29-33(39-28-48-45-21-10-7-16-36(39)45)17-11-20-40(29)47-42-19-9-6-15-35(42)38-27-31(23-25-44(38)47)30-22-24-43-37(26-30)34-14-5-8-18-41(34)46(43)32-12-3-2-4-13-32/h2-28H,1H3. The lowest BCUT2D eigenvalue weighted by molar-refractivity contribution is 1.15. The third-order valence-electron chi connectivity index (χ3n) is 10.0. The minimum atomic E-state index is 1.18. The van der Waals surface area contributed by atoms with E-state index in [2.05, 4.69) is 179 Å². The van der Waals surface area contributed by atoms with E-state index in [0.29, 0.717) is 0 Å². The van der Waals surface area contributed by atoms with Crippen LogP contribution in [0.5, 0.6) is 0 Å². The minimum absolute atomic E-state index is 1.18. The van der Waals surface area contributed by atoms with Gasteiger partial charge in [0.2, 0.25) is 0 Å². The molecule has 0 bridgehead atoms. The first-order chi connectivity index (χ1) is 23.7. The molecule has 0 unspecified atom stereocenters. The van der Waals surface area contributed by atoms with Crippen LogP contribution in [0.15, 0.2) is 163 Å². The monoisotopic (exact) mass is 630 g/mol. The molecule has 0 radical (unpaired) electrons. The summed E-state index contributed by atoms with van der Waals surface area (Å²) in [5.74, 6) is 0. The van der Waals surface area contributed by atoms with Gasteiger partial charge in [-0.15, -0.1) is 11.3 Å². The fraction of sp³-hybridized carbons (Fsp3) is 0.0222. The van der Waals surface area contributed by atoms with Gasteiger partial charge in [0.1, 0.15) is 0 Å². The summed E-state index contributed by atoms with van der Waals surface area (Å²) in [6.45, 7) is 2.27. The predicted molar refractivity (Wildman–Crippen MR) is 206 cm³/mol. The Morgan fingerprint density at radius 3 is 1.69 bits per heavy atom. The molecule has 0 saturated heterocycles. The molecule has 0 atom stereocenters. The van der Waals surface area contributed by atoms with Crippen molar-refractivity contribution in [3.05, 3.63) is 169 Å². The number of benzene rings is 7. The van der Waals surface area contributed by atoms with Gasteiger partial charge < -0.3 is 9.13 Å². The summed E-state index contributed by atoms with van der Waals surface area (Å²) in [5.41, 5.74) is 13.6. The maximum Gasteiger partial charge on any atom is 0.0541 e. The Bertz CT molecular complexity index is 2850. The Morgan fingerprint density at radius 2 is 0.979 bits per heavy atom. The summed E-state index contributed by atoms with van der Waals surface area (Å²) in [6, 6.07) is 57.6. The molecule has 7 aromatic carbocycles. The molecular weight excluding hydrogens is 601 g/mol. The number of fused-ring (bicyclic) bond motifs is 7. The highest BCUT2D eigenvalue weighted by atomic mass is 32.1. The molecule has 0 aliphatic heterocycles. The average Bonchev–Trinajstić information content (AvgIpc) is 3.82. The van der Waals surface area contributed by atoms with E-state index in [1.54, 1.807) is 0 Å². The summed E-state index contributed by atoms with van der Waals surface area (Å²) in [6.07, 6.45) is 0. The molecule has 3 aromatic heterocycles. The number of nitrogens with zero attached hydrogens (tertiary/aromatic N) is 2. The van der Waals surface area contributed by atoms with E-state index in [1.165, 1.54) is 92.9 Å². The van der Waals surface area contributed by atoms with Gasteiger partial charge in [0.25, 0.3) is 0 Å². The number of para-hydroxylation sites is 3. The van der Waals surface area contributed by atoms with E-state index >= 15 is 0 Å². The first-order valence-corrected chi connectivity index (χ1v) is 17.3. The van der Waals surface area contributed by atoms with Gasteiger partial charge in [-0.2, -0.15) is 0 Å². The van der Waals surface area contributed by atoms with Crippen molar-refractivity contribution in [2.45, 2.75) is 6.92 Å². The molecule has 0 amide bonds. The van der Waals surface area contributed by atoms with Crippen LogP contribution in [0, 0.1) is 6.92 Å². The summed E-state index contributed by atoms with van der Waals surface area (Å²) in [4.78, 5) is 0. The number of aromatic nitrogens is 2. The molecule has 3 heterocycles. The van der Waals surface area contributed by atoms with Crippen LogP contribution in [0.4, 0.5) is 0 Å². The van der Waals surface area contributed by atoms with Crippen LogP contribution in [0.2, 0.25) is 0 Å². The highest BCUT2D eigenvalue weighted by molar-refractivity contribution is 7.17. The summed E-state index contributed by atoms with van der Waals surface area (Å²) < 4.78 is 6.16. The van der Waals surface area contributed by atoms with Crippen molar-refractivity contribution in [1.29, 1.82) is 0 Å². The first-order valence-electron chi connectivity index (χ1n) is 16.4. The third kappa shape index (κ3) is 3.98. The maximum absolute atomic E-state index is 2.46. The van der Waals surface area contributed by atoms with Crippen LogP contribution in [0.25, 0.3) is 87.3 Å².